The minimum atomic E-state index is 0.351. The van der Waals surface area contributed by atoms with Crippen LogP contribution in [0.3, 0.4) is 0 Å². The topological polar surface area (TPSA) is 49.5 Å². The van der Waals surface area contributed by atoms with Crippen LogP contribution in [-0.4, -0.2) is 42.3 Å². The lowest BCUT2D eigenvalue weighted by Gasteiger charge is -2.28. The van der Waals surface area contributed by atoms with Gasteiger partial charge in [0.1, 0.15) is 0 Å². The van der Waals surface area contributed by atoms with Gasteiger partial charge in [0.25, 0.3) is 0 Å². The smallest absolute Gasteiger partial charge is 0.0434 e. The van der Waals surface area contributed by atoms with E-state index in [4.69, 9.17) is 10.8 Å². The fourth-order valence-electron chi connectivity index (χ4n) is 3.35. The second kappa shape index (κ2) is 5.28. The van der Waals surface area contributed by atoms with Gasteiger partial charge in [-0.1, -0.05) is 6.42 Å². The molecule has 0 radical (unpaired) electrons. The normalized spacial score (nSPS) is 37.6. The van der Waals surface area contributed by atoms with Gasteiger partial charge in [-0.25, -0.2) is 0 Å². The minimum absolute atomic E-state index is 0.351. The summed E-state index contributed by atoms with van der Waals surface area (Å²) in [5.74, 6) is 1.46. The standard InChI is InChI=1S/C12H24N2O/c13-8-11-2-1-3-12(11)14-6-4-10(9-14)5-7-15/h10-12,15H,1-9,13H2. The highest BCUT2D eigenvalue weighted by atomic mass is 16.3. The van der Waals surface area contributed by atoms with E-state index in [0.717, 1.165) is 30.8 Å². The molecule has 88 valence electrons. The van der Waals surface area contributed by atoms with E-state index in [1.807, 2.05) is 0 Å². The lowest BCUT2D eigenvalue weighted by atomic mass is 10.0. The Morgan fingerprint density at radius 2 is 2.13 bits per heavy atom. The van der Waals surface area contributed by atoms with Gasteiger partial charge < -0.3 is 10.8 Å². The first-order valence-corrected chi connectivity index (χ1v) is 6.40. The molecule has 1 aliphatic carbocycles. The maximum absolute atomic E-state index is 8.94. The Hall–Kier alpha value is -0.120. The molecule has 0 aromatic rings. The average Bonchev–Trinajstić information content (AvgIpc) is 2.84. The highest BCUT2D eigenvalue weighted by molar-refractivity contribution is 4.89. The van der Waals surface area contributed by atoms with Crippen LogP contribution in [0, 0.1) is 11.8 Å². The second-order valence-corrected chi connectivity index (χ2v) is 5.16. The Morgan fingerprint density at radius 3 is 2.87 bits per heavy atom. The van der Waals surface area contributed by atoms with Crippen LogP contribution < -0.4 is 5.73 Å². The van der Waals surface area contributed by atoms with Gasteiger partial charge in [0.2, 0.25) is 0 Å². The molecule has 3 heteroatoms. The molecular weight excluding hydrogens is 188 g/mol. The van der Waals surface area contributed by atoms with E-state index in [1.165, 1.54) is 38.8 Å². The third kappa shape index (κ3) is 2.52. The van der Waals surface area contributed by atoms with Gasteiger partial charge in [-0.15, -0.1) is 0 Å². The number of nitrogens with two attached hydrogens (primary N) is 1. The lowest BCUT2D eigenvalue weighted by Crippen LogP contribution is -2.38. The quantitative estimate of drug-likeness (QED) is 0.725. The third-order valence-electron chi connectivity index (χ3n) is 4.25. The molecule has 3 atom stereocenters. The van der Waals surface area contributed by atoms with E-state index in [-0.39, 0.29) is 0 Å². The molecule has 0 amide bonds. The minimum Gasteiger partial charge on any atom is -0.396 e. The van der Waals surface area contributed by atoms with Crippen molar-refractivity contribution in [1.29, 1.82) is 0 Å². The summed E-state index contributed by atoms with van der Waals surface area (Å²) in [5, 5.41) is 8.94. The average molecular weight is 212 g/mol. The highest BCUT2D eigenvalue weighted by Gasteiger charge is 2.34. The number of rotatable bonds is 4. The molecule has 1 aliphatic heterocycles. The molecule has 2 aliphatic rings. The zero-order chi connectivity index (χ0) is 10.7. The summed E-state index contributed by atoms with van der Waals surface area (Å²) in [6.07, 6.45) is 6.27. The van der Waals surface area contributed by atoms with Gasteiger partial charge >= 0.3 is 0 Å². The van der Waals surface area contributed by atoms with Crippen molar-refractivity contribution >= 4 is 0 Å². The molecule has 3 unspecified atom stereocenters. The van der Waals surface area contributed by atoms with Crippen molar-refractivity contribution in [2.24, 2.45) is 17.6 Å². The van der Waals surface area contributed by atoms with E-state index in [2.05, 4.69) is 4.90 Å². The predicted molar refractivity (Wildman–Crippen MR) is 61.6 cm³/mol. The second-order valence-electron chi connectivity index (χ2n) is 5.16. The Labute approximate surface area is 92.6 Å². The first kappa shape index (κ1) is 11.4. The summed E-state index contributed by atoms with van der Waals surface area (Å²) < 4.78 is 0. The summed E-state index contributed by atoms with van der Waals surface area (Å²) in [4.78, 5) is 2.63. The Bertz CT molecular complexity index is 198. The fraction of sp³-hybridized carbons (Fsp3) is 1.00. The van der Waals surface area contributed by atoms with Crippen molar-refractivity contribution in [2.75, 3.05) is 26.2 Å². The Morgan fingerprint density at radius 1 is 1.27 bits per heavy atom. The number of hydrogen-bond acceptors (Lipinski definition) is 3. The molecule has 0 bridgehead atoms. The van der Waals surface area contributed by atoms with Crippen molar-refractivity contribution < 1.29 is 5.11 Å². The summed E-state index contributed by atoms with van der Waals surface area (Å²) in [6, 6.07) is 0.749. The van der Waals surface area contributed by atoms with Crippen molar-refractivity contribution in [2.45, 2.75) is 38.1 Å². The lowest BCUT2D eigenvalue weighted by molar-refractivity contribution is 0.186. The Kier molecular flexibility index (Phi) is 4.00. The molecule has 0 aromatic carbocycles. The van der Waals surface area contributed by atoms with Crippen LogP contribution in [0.4, 0.5) is 0 Å². The molecular formula is C12H24N2O. The van der Waals surface area contributed by atoms with Gasteiger partial charge in [-0.2, -0.15) is 0 Å². The third-order valence-corrected chi connectivity index (χ3v) is 4.25. The molecule has 1 saturated heterocycles. The number of hydrogen-bond donors (Lipinski definition) is 2. The van der Waals surface area contributed by atoms with Crippen molar-refractivity contribution in [3.05, 3.63) is 0 Å². The zero-order valence-electron chi connectivity index (χ0n) is 9.57. The van der Waals surface area contributed by atoms with E-state index >= 15 is 0 Å². The zero-order valence-corrected chi connectivity index (χ0v) is 9.57. The first-order chi connectivity index (χ1) is 7.35. The molecule has 2 rings (SSSR count). The van der Waals surface area contributed by atoms with Gasteiger partial charge in [0.05, 0.1) is 0 Å². The number of likely N-dealkylation sites (tertiary alicyclic amines) is 1. The molecule has 1 saturated carbocycles. The summed E-state index contributed by atoms with van der Waals surface area (Å²) in [7, 11) is 0. The number of nitrogens with zero attached hydrogens (tertiary/aromatic N) is 1. The molecule has 0 spiro atoms. The van der Waals surface area contributed by atoms with Crippen LogP contribution in [0.2, 0.25) is 0 Å². The van der Waals surface area contributed by atoms with Gasteiger partial charge in [-0.05, 0) is 50.6 Å². The molecule has 0 aromatic heterocycles. The van der Waals surface area contributed by atoms with Crippen molar-refractivity contribution in [3.8, 4) is 0 Å². The highest BCUT2D eigenvalue weighted by Crippen LogP contribution is 2.33. The van der Waals surface area contributed by atoms with Crippen molar-refractivity contribution in [3.63, 3.8) is 0 Å². The summed E-state index contributed by atoms with van der Waals surface area (Å²) in [6.45, 7) is 3.63. The van der Waals surface area contributed by atoms with Crippen LogP contribution >= 0.6 is 0 Å². The van der Waals surface area contributed by atoms with Crippen LogP contribution in [0.5, 0.6) is 0 Å². The summed E-state index contributed by atoms with van der Waals surface area (Å²) in [5.41, 5.74) is 5.82. The Balaban J connectivity index is 1.84. The van der Waals surface area contributed by atoms with E-state index in [0.29, 0.717) is 6.61 Å². The molecule has 3 nitrogen and oxygen atoms in total. The van der Waals surface area contributed by atoms with E-state index in [1.54, 1.807) is 0 Å². The maximum Gasteiger partial charge on any atom is 0.0434 e. The maximum atomic E-state index is 8.94. The largest absolute Gasteiger partial charge is 0.396 e. The number of aliphatic hydroxyl groups is 1. The fourth-order valence-corrected chi connectivity index (χ4v) is 3.35. The van der Waals surface area contributed by atoms with Crippen LogP contribution in [-0.2, 0) is 0 Å². The van der Waals surface area contributed by atoms with E-state index < -0.39 is 0 Å². The van der Waals surface area contributed by atoms with Crippen LogP contribution in [0.25, 0.3) is 0 Å². The monoisotopic (exact) mass is 212 g/mol. The van der Waals surface area contributed by atoms with Crippen molar-refractivity contribution in [1.82, 2.24) is 4.90 Å². The van der Waals surface area contributed by atoms with Crippen LogP contribution in [0.15, 0.2) is 0 Å². The SMILES string of the molecule is NCC1CCCC1N1CCC(CCO)C1. The number of aliphatic hydroxyl groups excluding tert-OH is 1. The molecule has 1 heterocycles. The first-order valence-electron chi connectivity index (χ1n) is 6.40. The van der Waals surface area contributed by atoms with Gasteiger partial charge in [0, 0.05) is 19.2 Å². The predicted octanol–water partition coefficient (Wildman–Crippen LogP) is 0.818. The molecule has 2 fully saturated rings. The summed E-state index contributed by atoms with van der Waals surface area (Å²) >= 11 is 0. The van der Waals surface area contributed by atoms with E-state index in [9.17, 15) is 0 Å². The van der Waals surface area contributed by atoms with Crippen LogP contribution in [0.1, 0.15) is 32.1 Å². The van der Waals surface area contributed by atoms with Gasteiger partial charge in [-0.3, -0.25) is 4.90 Å². The molecule has 15 heavy (non-hydrogen) atoms. The molecule has 3 N–H and O–H groups in total. The van der Waals surface area contributed by atoms with Gasteiger partial charge in [0.15, 0.2) is 0 Å².